The first-order valence-corrected chi connectivity index (χ1v) is 9.18. The van der Waals surface area contributed by atoms with Gasteiger partial charge in [0.05, 0.1) is 20.9 Å². The van der Waals surface area contributed by atoms with Crippen LogP contribution in [0, 0.1) is 4.84 Å². The van der Waals surface area contributed by atoms with Gasteiger partial charge < -0.3 is 13.9 Å². The molecule has 0 amide bonds. The van der Waals surface area contributed by atoms with E-state index < -0.39 is 0 Å². The molecule has 0 radical (unpaired) electrons. The van der Waals surface area contributed by atoms with E-state index in [2.05, 4.69) is 34.3 Å². The summed E-state index contributed by atoms with van der Waals surface area (Å²) in [6, 6.07) is 14.1. The lowest BCUT2D eigenvalue weighted by Gasteiger charge is -2.28. The summed E-state index contributed by atoms with van der Waals surface area (Å²) < 4.78 is 18.1. The van der Waals surface area contributed by atoms with Gasteiger partial charge in [0.2, 0.25) is 5.89 Å². The number of nitrogens with zero attached hydrogens (tertiary/aromatic N) is 3. The molecule has 2 heterocycles. The van der Waals surface area contributed by atoms with Crippen molar-refractivity contribution in [3.05, 3.63) is 58.4 Å². The van der Waals surface area contributed by atoms with Crippen LogP contribution in [0.5, 0.6) is 11.5 Å². The van der Waals surface area contributed by atoms with Crippen LogP contribution in [-0.2, 0) is 19.6 Å². The van der Waals surface area contributed by atoms with E-state index in [1.54, 1.807) is 18.9 Å². The van der Waals surface area contributed by atoms with Gasteiger partial charge in [0.15, 0.2) is 11.5 Å². The molecule has 0 bridgehead atoms. The normalized spacial score (nSPS) is 14.0. The summed E-state index contributed by atoms with van der Waals surface area (Å²) in [4.78, 5) is 2.68. The molecule has 3 aromatic rings. The predicted molar refractivity (Wildman–Crippen MR) is 104 cm³/mol. The molecule has 7 heteroatoms. The van der Waals surface area contributed by atoms with Crippen LogP contribution in [-0.4, -0.2) is 35.4 Å². The molecule has 0 N–H and O–H groups in total. The van der Waals surface area contributed by atoms with Gasteiger partial charge >= 0.3 is 0 Å². The largest absolute Gasteiger partial charge is 0.493 e. The zero-order valence-corrected chi connectivity index (χ0v) is 16.2. The molecule has 0 unspecified atom stereocenters. The number of aromatic nitrogens is 2. The van der Waals surface area contributed by atoms with Crippen molar-refractivity contribution in [3.8, 4) is 23.0 Å². The SMILES string of the molecule is COc1ccc(-c2nn(CN3CCc4ccccc4C3)c(=S)o2)cc1OC. The molecule has 0 atom stereocenters. The number of rotatable bonds is 5. The van der Waals surface area contributed by atoms with Gasteiger partial charge in [0.1, 0.15) is 0 Å². The van der Waals surface area contributed by atoms with E-state index in [0.29, 0.717) is 28.9 Å². The third kappa shape index (κ3) is 3.61. The van der Waals surface area contributed by atoms with E-state index >= 15 is 0 Å². The van der Waals surface area contributed by atoms with Gasteiger partial charge in [0.25, 0.3) is 4.84 Å². The van der Waals surface area contributed by atoms with Crippen LogP contribution in [0.15, 0.2) is 46.9 Å². The highest BCUT2D eigenvalue weighted by atomic mass is 32.1. The maximum atomic E-state index is 5.73. The minimum Gasteiger partial charge on any atom is -0.493 e. The molecule has 1 aromatic heterocycles. The van der Waals surface area contributed by atoms with Crippen LogP contribution >= 0.6 is 12.2 Å². The van der Waals surface area contributed by atoms with Crippen LogP contribution in [0.4, 0.5) is 0 Å². The monoisotopic (exact) mass is 383 g/mol. The average Bonchev–Trinajstić information content (AvgIpc) is 3.07. The Bertz CT molecular complexity index is 1010. The van der Waals surface area contributed by atoms with Crippen LogP contribution in [0.2, 0.25) is 0 Å². The molecule has 4 rings (SSSR count). The second kappa shape index (κ2) is 7.54. The van der Waals surface area contributed by atoms with Crippen molar-refractivity contribution in [1.82, 2.24) is 14.7 Å². The quantitative estimate of drug-likeness (QED) is 0.623. The fraction of sp³-hybridized carbons (Fsp3) is 0.300. The first-order valence-electron chi connectivity index (χ1n) is 8.77. The van der Waals surface area contributed by atoms with Crippen molar-refractivity contribution in [2.75, 3.05) is 20.8 Å². The van der Waals surface area contributed by atoms with Gasteiger partial charge in [0, 0.05) is 18.7 Å². The number of methoxy groups -OCH3 is 2. The van der Waals surface area contributed by atoms with Gasteiger partial charge in [-0.2, -0.15) is 0 Å². The molecule has 6 nitrogen and oxygen atoms in total. The van der Waals surface area contributed by atoms with E-state index in [1.165, 1.54) is 11.1 Å². The highest BCUT2D eigenvalue weighted by Crippen LogP contribution is 2.31. The Morgan fingerprint density at radius 3 is 2.63 bits per heavy atom. The summed E-state index contributed by atoms with van der Waals surface area (Å²) in [5.74, 6) is 1.75. The molecular weight excluding hydrogens is 362 g/mol. The Balaban J connectivity index is 1.55. The standard InChI is InChI=1S/C20H21N3O3S/c1-24-17-8-7-15(11-18(17)25-2)19-21-23(20(27)26-19)13-22-10-9-14-5-3-4-6-16(14)12-22/h3-8,11H,9-10,12-13H2,1-2H3. The molecule has 0 aliphatic carbocycles. The topological polar surface area (TPSA) is 52.7 Å². The number of fused-ring (bicyclic) bond motifs is 1. The Morgan fingerprint density at radius 1 is 1.07 bits per heavy atom. The lowest BCUT2D eigenvalue weighted by molar-refractivity contribution is 0.186. The van der Waals surface area contributed by atoms with Gasteiger partial charge in [-0.05, 0) is 48.0 Å². The lowest BCUT2D eigenvalue weighted by atomic mass is 10.0. The molecule has 0 spiro atoms. The van der Waals surface area contributed by atoms with Crippen molar-refractivity contribution in [2.45, 2.75) is 19.6 Å². The number of ether oxygens (including phenoxy) is 2. The smallest absolute Gasteiger partial charge is 0.288 e. The minimum absolute atomic E-state index is 0.360. The van der Waals surface area contributed by atoms with E-state index in [4.69, 9.17) is 26.1 Å². The molecular formula is C20H21N3O3S. The first kappa shape index (κ1) is 17.8. The molecule has 140 valence electrons. The second-order valence-corrected chi connectivity index (χ2v) is 6.80. The number of benzene rings is 2. The Morgan fingerprint density at radius 2 is 1.85 bits per heavy atom. The van der Waals surface area contributed by atoms with E-state index in [1.807, 2.05) is 18.2 Å². The van der Waals surface area contributed by atoms with Crippen molar-refractivity contribution in [3.63, 3.8) is 0 Å². The third-order valence-electron chi connectivity index (χ3n) is 4.78. The zero-order chi connectivity index (χ0) is 18.8. The molecule has 0 fully saturated rings. The maximum absolute atomic E-state index is 5.73. The summed E-state index contributed by atoms with van der Waals surface area (Å²) in [5, 5.41) is 4.57. The Labute approximate surface area is 162 Å². The molecule has 27 heavy (non-hydrogen) atoms. The molecule has 2 aromatic carbocycles. The van der Waals surface area contributed by atoms with Crippen LogP contribution in [0.3, 0.4) is 0 Å². The van der Waals surface area contributed by atoms with Gasteiger partial charge in [-0.1, -0.05) is 24.3 Å². The minimum atomic E-state index is 0.360. The fourth-order valence-electron chi connectivity index (χ4n) is 3.35. The van der Waals surface area contributed by atoms with Crippen molar-refractivity contribution >= 4 is 12.2 Å². The lowest BCUT2D eigenvalue weighted by Crippen LogP contribution is -2.32. The summed E-state index contributed by atoms with van der Waals surface area (Å²) in [7, 11) is 3.21. The summed E-state index contributed by atoms with van der Waals surface area (Å²) in [6.45, 7) is 2.46. The third-order valence-corrected chi connectivity index (χ3v) is 5.07. The maximum Gasteiger partial charge on any atom is 0.288 e. The van der Waals surface area contributed by atoms with Crippen molar-refractivity contribution in [1.29, 1.82) is 0 Å². The summed E-state index contributed by atoms with van der Waals surface area (Å²) >= 11 is 5.38. The Kier molecular flexibility index (Phi) is 4.96. The molecule has 0 saturated heterocycles. The van der Waals surface area contributed by atoms with Crippen LogP contribution < -0.4 is 9.47 Å². The average molecular weight is 383 g/mol. The molecule has 1 aliphatic heterocycles. The first-order chi connectivity index (χ1) is 13.2. The molecule has 1 aliphatic rings. The van der Waals surface area contributed by atoms with Gasteiger partial charge in [-0.25, -0.2) is 4.68 Å². The van der Waals surface area contributed by atoms with Gasteiger partial charge in [-0.3, -0.25) is 4.90 Å². The highest BCUT2D eigenvalue weighted by molar-refractivity contribution is 7.71. The Hall–Kier alpha value is -2.64. The van der Waals surface area contributed by atoms with E-state index in [-0.39, 0.29) is 0 Å². The highest BCUT2D eigenvalue weighted by Gasteiger charge is 2.18. The predicted octanol–water partition coefficient (Wildman–Crippen LogP) is 3.91. The van der Waals surface area contributed by atoms with E-state index in [9.17, 15) is 0 Å². The molecule has 0 saturated carbocycles. The van der Waals surface area contributed by atoms with Crippen LogP contribution in [0.25, 0.3) is 11.5 Å². The van der Waals surface area contributed by atoms with E-state index in [0.717, 1.165) is 25.1 Å². The summed E-state index contributed by atoms with van der Waals surface area (Å²) in [6.07, 6.45) is 1.03. The van der Waals surface area contributed by atoms with Gasteiger partial charge in [-0.15, -0.1) is 5.10 Å². The number of hydrogen-bond acceptors (Lipinski definition) is 6. The fourth-order valence-corrected chi connectivity index (χ4v) is 3.52. The number of hydrogen-bond donors (Lipinski definition) is 0. The second-order valence-electron chi connectivity index (χ2n) is 6.46. The zero-order valence-electron chi connectivity index (χ0n) is 15.3. The van der Waals surface area contributed by atoms with Crippen LogP contribution in [0.1, 0.15) is 11.1 Å². The summed E-state index contributed by atoms with van der Waals surface area (Å²) in [5.41, 5.74) is 3.57. The van der Waals surface area contributed by atoms with Crippen molar-refractivity contribution < 1.29 is 13.9 Å². The van der Waals surface area contributed by atoms with Crippen molar-refractivity contribution in [2.24, 2.45) is 0 Å².